The van der Waals surface area contributed by atoms with Crippen LogP contribution in [0.15, 0.2) is 36.9 Å². The molecule has 0 aliphatic rings. The molecule has 23 heavy (non-hydrogen) atoms. The zero-order valence-electron chi connectivity index (χ0n) is 14.1. The van der Waals surface area contributed by atoms with Gasteiger partial charge in [0.1, 0.15) is 12.7 Å². The van der Waals surface area contributed by atoms with Gasteiger partial charge in [0.15, 0.2) is 5.11 Å². The smallest absolute Gasteiger partial charge is 0.169 e. The van der Waals surface area contributed by atoms with Gasteiger partial charge in [0.05, 0.1) is 11.7 Å². The summed E-state index contributed by atoms with van der Waals surface area (Å²) in [5.74, 6) is 0. The van der Waals surface area contributed by atoms with E-state index in [-0.39, 0.29) is 6.04 Å². The summed E-state index contributed by atoms with van der Waals surface area (Å²) in [4.78, 5) is 8.17. The van der Waals surface area contributed by atoms with Crippen molar-refractivity contribution in [2.24, 2.45) is 0 Å². The lowest BCUT2D eigenvalue weighted by molar-refractivity contribution is 0.381. The SMILES string of the molecule is C[C@@H](c1ccc(-n2cncn2)cc1)N(C)C(=S)NCCN(C)C. The van der Waals surface area contributed by atoms with Gasteiger partial charge in [0, 0.05) is 20.1 Å². The van der Waals surface area contributed by atoms with Crippen molar-refractivity contribution in [2.45, 2.75) is 13.0 Å². The number of nitrogens with one attached hydrogen (secondary N) is 1. The predicted octanol–water partition coefficient (Wildman–Crippen LogP) is 1.70. The lowest BCUT2D eigenvalue weighted by Gasteiger charge is -2.28. The molecular formula is C16H24N6S. The molecule has 1 aromatic carbocycles. The normalized spacial score (nSPS) is 12.2. The third-order valence-corrected chi connectivity index (χ3v) is 4.23. The Hall–Kier alpha value is -1.99. The maximum Gasteiger partial charge on any atom is 0.169 e. The van der Waals surface area contributed by atoms with Gasteiger partial charge in [0.25, 0.3) is 0 Å². The summed E-state index contributed by atoms with van der Waals surface area (Å²) in [5.41, 5.74) is 2.20. The molecule has 1 atom stereocenters. The Labute approximate surface area is 143 Å². The molecule has 0 unspecified atom stereocenters. The summed E-state index contributed by atoms with van der Waals surface area (Å²) in [6, 6.07) is 8.47. The number of rotatable bonds is 6. The van der Waals surface area contributed by atoms with Crippen LogP contribution in [0.25, 0.3) is 5.69 Å². The number of hydrogen-bond donors (Lipinski definition) is 1. The molecule has 2 aromatic rings. The zero-order chi connectivity index (χ0) is 16.8. The van der Waals surface area contributed by atoms with E-state index in [1.807, 2.05) is 33.3 Å². The topological polar surface area (TPSA) is 49.2 Å². The number of benzene rings is 1. The fraction of sp³-hybridized carbons (Fsp3) is 0.438. The molecule has 0 saturated heterocycles. The van der Waals surface area contributed by atoms with Gasteiger partial charge in [-0.05, 0) is 50.9 Å². The molecule has 0 aliphatic carbocycles. The molecule has 124 valence electrons. The van der Waals surface area contributed by atoms with E-state index in [0.29, 0.717) is 0 Å². The van der Waals surface area contributed by atoms with Gasteiger partial charge in [-0.1, -0.05) is 12.1 Å². The molecule has 0 bridgehead atoms. The minimum atomic E-state index is 0.194. The molecule has 0 fully saturated rings. The fourth-order valence-electron chi connectivity index (χ4n) is 2.16. The molecule has 0 radical (unpaired) electrons. The van der Waals surface area contributed by atoms with Gasteiger partial charge in [0.2, 0.25) is 0 Å². The van der Waals surface area contributed by atoms with Crippen LogP contribution in [-0.2, 0) is 0 Å². The van der Waals surface area contributed by atoms with Gasteiger partial charge >= 0.3 is 0 Å². The van der Waals surface area contributed by atoms with Crippen molar-refractivity contribution >= 4 is 17.3 Å². The largest absolute Gasteiger partial charge is 0.361 e. The first-order valence-corrected chi connectivity index (χ1v) is 8.00. The van der Waals surface area contributed by atoms with E-state index in [1.165, 1.54) is 11.9 Å². The van der Waals surface area contributed by atoms with Crippen molar-refractivity contribution < 1.29 is 0 Å². The van der Waals surface area contributed by atoms with E-state index < -0.39 is 0 Å². The standard InChI is InChI=1S/C16H24N6S/c1-13(21(4)16(23)18-9-10-20(2)3)14-5-7-15(8-6-14)22-12-17-11-19-22/h5-8,11-13H,9-10H2,1-4H3,(H,18,23)/t13-/m0/s1. The summed E-state index contributed by atoms with van der Waals surface area (Å²) < 4.78 is 1.74. The number of aromatic nitrogens is 3. The molecule has 2 rings (SSSR count). The van der Waals surface area contributed by atoms with E-state index in [0.717, 1.165) is 23.9 Å². The van der Waals surface area contributed by atoms with E-state index in [4.69, 9.17) is 12.2 Å². The summed E-state index contributed by atoms with van der Waals surface area (Å²) in [5, 5.41) is 8.19. The van der Waals surface area contributed by atoms with Crippen LogP contribution in [-0.4, -0.2) is 63.9 Å². The van der Waals surface area contributed by atoms with Crippen LogP contribution < -0.4 is 5.32 Å². The fourth-order valence-corrected chi connectivity index (χ4v) is 2.42. The highest BCUT2D eigenvalue weighted by Crippen LogP contribution is 2.20. The first kappa shape index (κ1) is 17.4. The van der Waals surface area contributed by atoms with E-state index in [2.05, 4.69) is 44.3 Å². The third kappa shape index (κ3) is 4.74. The Balaban J connectivity index is 1.96. The van der Waals surface area contributed by atoms with Crippen molar-refractivity contribution in [2.75, 3.05) is 34.2 Å². The van der Waals surface area contributed by atoms with Gasteiger partial charge in [-0.15, -0.1) is 0 Å². The zero-order valence-corrected chi connectivity index (χ0v) is 14.9. The highest BCUT2D eigenvalue weighted by Gasteiger charge is 2.14. The molecule has 0 aliphatic heterocycles. The molecular weight excluding hydrogens is 308 g/mol. The van der Waals surface area contributed by atoms with Crippen LogP contribution in [0.4, 0.5) is 0 Å². The summed E-state index contributed by atoms with van der Waals surface area (Å²) in [6.45, 7) is 3.94. The van der Waals surface area contributed by atoms with Crippen molar-refractivity contribution in [1.29, 1.82) is 0 Å². The molecule has 6 nitrogen and oxygen atoms in total. The van der Waals surface area contributed by atoms with Gasteiger partial charge in [-0.3, -0.25) is 0 Å². The molecule has 0 amide bonds. The van der Waals surface area contributed by atoms with Gasteiger partial charge in [-0.2, -0.15) is 5.10 Å². The van der Waals surface area contributed by atoms with Crippen LogP contribution >= 0.6 is 12.2 Å². The quantitative estimate of drug-likeness (QED) is 0.813. The average Bonchev–Trinajstić information content (AvgIpc) is 3.07. The van der Waals surface area contributed by atoms with E-state index >= 15 is 0 Å². The van der Waals surface area contributed by atoms with Crippen molar-refractivity contribution in [1.82, 2.24) is 29.9 Å². The second-order valence-corrected chi connectivity index (χ2v) is 6.14. The summed E-state index contributed by atoms with van der Waals surface area (Å²) in [6.07, 6.45) is 3.22. The second-order valence-electron chi connectivity index (χ2n) is 5.75. The summed E-state index contributed by atoms with van der Waals surface area (Å²) in [7, 11) is 6.11. The van der Waals surface area contributed by atoms with Crippen LogP contribution in [0.2, 0.25) is 0 Å². The lowest BCUT2D eigenvalue weighted by atomic mass is 10.1. The minimum absolute atomic E-state index is 0.194. The minimum Gasteiger partial charge on any atom is -0.361 e. The van der Waals surface area contributed by atoms with Gasteiger partial charge in [-0.25, -0.2) is 9.67 Å². The Morgan fingerprint density at radius 3 is 2.52 bits per heavy atom. The number of thiocarbonyl (C=S) groups is 1. The Morgan fingerprint density at radius 1 is 1.26 bits per heavy atom. The summed E-state index contributed by atoms with van der Waals surface area (Å²) >= 11 is 5.47. The predicted molar refractivity (Wildman–Crippen MR) is 96.7 cm³/mol. The molecule has 0 spiro atoms. The lowest BCUT2D eigenvalue weighted by Crippen LogP contribution is -2.41. The van der Waals surface area contributed by atoms with Crippen LogP contribution in [0.1, 0.15) is 18.5 Å². The average molecular weight is 332 g/mol. The maximum absolute atomic E-state index is 5.47. The Bertz CT molecular complexity index is 608. The highest BCUT2D eigenvalue weighted by atomic mass is 32.1. The second kappa shape index (κ2) is 8.03. The number of hydrogen-bond acceptors (Lipinski definition) is 4. The number of nitrogens with zero attached hydrogens (tertiary/aromatic N) is 5. The Kier molecular flexibility index (Phi) is 6.06. The van der Waals surface area contributed by atoms with E-state index in [1.54, 1.807) is 11.0 Å². The van der Waals surface area contributed by atoms with Crippen molar-refractivity contribution in [3.8, 4) is 5.69 Å². The molecule has 0 saturated carbocycles. The van der Waals surface area contributed by atoms with Crippen LogP contribution in [0.5, 0.6) is 0 Å². The van der Waals surface area contributed by atoms with E-state index in [9.17, 15) is 0 Å². The first-order valence-electron chi connectivity index (χ1n) is 7.59. The van der Waals surface area contributed by atoms with Crippen molar-refractivity contribution in [3.63, 3.8) is 0 Å². The first-order chi connectivity index (χ1) is 11.0. The maximum atomic E-state index is 5.47. The monoisotopic (exact) mass is 332 g/mol. The molecule has 1 heterocycles. The molecule has 1 N–H and O–H groups in total. The van der Waals surface area contributed by atoms with Crippen molar-refractivity contribution in [3.05, 3.63) is 42.5 Å². The van der Waals surface area contributed by atoms with Gasteiger partial charge < -0.3 is 15.1 Å². The van der Waals surface area contributed by atoms with Crippen LogP contribution in [0.3, 0.4) is 0 Å². The Morgan fingerprint density at radius 2 is 1.96 bits per heavy atom. The number of likely N-dealkylation sites (N-methyl/N-ethyl adjacent to an activating group) is 1. The van der Waals surface area contributed by atoms with Crippen LogP contribution in [0, 0.1) is 0 Å². The highest BCUT2D eigenvalue weighted by molar-refractivity contribution is 7.80. The third-order valence-electron chi connectivity index (χ3n) is 3.80. The molecule has 1 aromatic heterocycles. The molecule has 7 heteroatoms.